The fraction of sp³-hybridized carbons (Fsp3) is 0.353. The molecule has 0 aliphatic rings. The third-order valence-electron chi connectivity index (χ3n) is 3.29. The fourth-order valence-corrected chi connectivity index (χ4v) is 2.13. The standard InChI is InChI=1S/C17H21NO3/c1-13-10-11-16(21-13)15(19)12-18-17(20)9-5-8-14-6-3-2-4-7-14/h2-4,6-7,10-11,15,19H,5,8-9,12H2,1H3,(H,18,20)/t15-/m0/s1. The highest BCUT2D eigenvalue weighted by Gasteiger charge is 2.12. The van der Waals surface area contributed by atoms with Crippen LogP contribution in [0.25, 0.3) is 0 Å². The summed E-state index contributed by atoms with van der Waals surface area (Å²) in [6.45, 7) is 2.00. The molecule has 2 aromatic rings. The van der Waals surface area contributed by atoms with Gasteiger partial charge in [-0.05, 0) is 37.5 Å². The lowest BCUT2D eigenvalue weighted by atomic mass is 10.1. The summed E-state index contributed by atoms with van der Waals surface area (Å²) >= 11 is 0. The van der Waals surface area contributed by atoms with Gasteiger partial charge < -0.3 is 14.8 Å². The van der Waals surface area contributed by atoms with Gasteiger partial charge in [0.1, 0.15) is 17.6 Å². The summed E-state index contributed by atoms with van der Waals surface area (Å²) in [5.74, 6) is 1.18. The Balaban J connectivity index is 1.65. The van der Waals surface area contributed by atoms with Crippen LogP contribution in [0, 0.1) is 6.92 Å². The molecule has 21 heavy (non-hydrogen) atoms. The van der Waals surface area contributed by atoms with Gasteiger partial charge in [0.2, 0.25) is 5.91 Å². The van der Waals surface area contributed by atoms with Crippen molar-refractivity contribution in [3.8, 4) is 0 Å². The van der Waals surface area contributed by atoms with E-state index >= 15 is 0 Å². The van der Waals surface area contributed by atoms with Crippen molar-refractivity contribution in [2.45, 2.75) is 32.3 Å². The number of rotatable bonds is 7. The van der Waals surface area contributed by atoms with Crippen LogP contribution in [0.5, 0.6) is 0 Å². The first-order chi connectivity index (χ1) is 10.1. The van der Waals surface area contributed by atoms with Gasteiger partial charge in [-0.1, -0.05) is 30.3 Å². The summed E-state index contributed by atoms with van der Waals surface area (Å²) in [6, 6.07) is 13.6. The summed E-state index contributed by atoms with van der Waals surface area (Å²) in [7, 11) is 0. The quantitative estimate of drug-likeness (QED) is 0.823. The van der Waals surface area contributed by atoms with Crippen LogP contribution in [-0.2, 0) is 11.2 Å². The molecule has 0 spiro atoms. The van der Waals surface area contributed by atoms with Crippen LogP contribution in [-0.4, -0.2) is 17.6 Å². The number of carbonyl (C=O) groups excluding carboxylic acids is 1. The Morgan fingerprint density at radius 2 is 2.00 bits per heavy atom. The maximum absolute atomic E-state index is 11.7. The van der Waals surface area contributed by atoms with Crippen LogP contribution in [0.4, 0.5) is 0 Å². The number of hydrogen-bond donors (Lipinski definition) is 2. The average Bonchev–Trinajstić information content (AvgIpc) is 2.92. The molecule has 1 amide bonds. The number of benzene rings is 1. The minimum atomic E-state index is -0.795. The van der Waals surface area contributed by atoms with E-state index < -0.39 is 6.10 Å². The van der Waals surface area contributed by atoms with Crippen molar-refractivity contribution >= 4 is 5.91 Å². The molecule has 0 saturated heterocycles. The van der Waals surface area contributed by atoms with Crippen molar-refractivity contribution in [3.05, 3.63) is 59.5 Å². The molecule has 0 aliphatic carbocycles. The van der Waals surface area contributed by atoms with Crippen molar-refractivity contribution in [1.82, 2.24) is 5.32 Å². The molecule has 0 unspecified atom stereocenters. The van der Waals surface area contributed by atoms with Gasteiger partial charge in [-0.15, -0.1) is 0 Å². The van der Waals surface area contributed by atoms with Crippen molar-refractivity contribution in [2.75, 3.05) is 6.54 Å². The van der Waals surface area contributed by atoms with Crippen molar-refractivity contribution < 1.29 is 14.3 Å². The Morgan fingerprint density at radius 1 is 1.24 bits per heavy atom. The molecule has 112 valence electrons. The molecule has 0 saturated carbocycles. The number of nitrogens with one attached hydrogen (secondary N) is 1. The van der Waals surface area contributed by atoms with Crippen LogP contribution in [0.1, 0.15) is 36.0 Å². The number of carbonyl (C=O) groups is 1. The van der Waals surface area contributed by atoms with Gasteiger partial charge in [0, 0.05) is 6.42 Å². The number of aliphatic hydroxyl groups excluding tert-OH is 1. The zero-order chi connectivity index (χ0) is 15.1. The van der Waals surface area contributed by atoms with E-state index in [9.17, 15) is 9.90 Å². The highest BCUT2D eigenvalue weighted by Crippen LogP contribution is 2.15. The summed E-state index contributed by atoms with van der Waals surface area (Å²) in [5, 5.41) is 12.6. The maximum Gasteiger partial charge on any atom is 0.220 e. The molecule has 1 atom stereocenters. The van der Waals surface area contributed by atoms with Crippen LogP contribution >= 0.6 is 0 Å². The summed E-state index contributed by atoms with van der Waals surface area (Å²) in [4.78, 5) is 11.7. The number of hydrogen-bond acceptors (Lipinski definition) is 3. The number of amides is 1. The van der Waals surface area contributed by atoms with Gasteiger partial charge in [0.15, 0.2) is 0 Å². The minimum Gasteiger partial charge on any atom is -0.464 e. The second kappa shape index (κ2) is 7.64. The van der Waals surface area contributed by atoms with E-state index in [1.165, 1.54) is 5.56 Å². The Kier molecular flexibility index (Phi) is 5.58. The fourth-order valence-electron chi connectivity index (χ4n) is 2.13. The third-order valence-corrected chi connectivity index (χ3v) is 3.29. The largest absolute Gasteiger partial charge is 0.464 e. The van der Waals surface area contributed by atoms with Crippen LogP contribution in [0.3, 0.4) is 0 Å². The smallest absolute Gasteiger partial charge is 0.220 e. The maximum atomic E-state index is 11.7. The molecule has 2 rings (SSSR count). The van der Waals surface area contributed by atoms with Crippen molar-refractivity contribution in [2.24, 2.45) is 0 Å². The second-order valence-electron chi connectivity index (χ2n) is 5.11. The predicted molar refractivity (Wildman–Crippen MR) is 80.8 cm³/mol. The van der Waals surface area contributed by atoms with Gasteiger partial charge >= 0.3 is 0 Å². The molecule has 0 fully saturated rings. The third kappa shape index (κ3) is 5.08. The highest BCUT2D eigenvalue weighted by atomic mass is 16.4. The lowest BCUT2D eigenvalue weighted by molar-refractivity contribution is -0.121. The molecule has 0 aliphatic heterocycles. The average molecular weight is 287 g/mol. The van der Waals surface area contributed by atoms with Gasteiger partial charge in [-0.25, -0.2) is 0 Å². The first kappa shape index (κ1) is 15.3. The molecule has 1 aromatic heterocycles. The molecule has 1 heterocycles. The van der Waals surface area contributed by atoms with E-state index in [1.54, 1.807) is 12.1 Å². The van der Waals surface area contributed by atoms with E-state index in [1.807, 2.05) is 25.1 Å². The zero-order valence-corrected chi connectivity index (χ0v) is 12.2. The van der Waals surface area contributed by atoms with E-state index in [-0.39, 0.29) is 12.5 Å². The van der Waals surface area contributed by atoms with Gasteiger partial charge in [-0.2, -0.15) is 0 Å². The molecule has 0 radical (unpaired) electrons. The topological polar surface area (TPSA) is 62.5 Å². The Labute approximate surface area is 124 Å². The van der Waals surface area contributed by atoms with Gasteiger partial charge in [-0.3, -0.25) is 4.79 Å². The molecule has 0 bridgehead atoms. The summed E-state index contributed by atoms with van der Waals surface area (Å²) in [6.07, 6.45) is 1.34. The van der Waals surface area contributed by atoms with Crippen LogP contribution < -0.4 is 5.32 Å². The molecular formula is C17H21NO3. The van der Waals surface area contributed by atoms with E-state index in [0.717, 1.165) is 18.6 Å². The Bertz CT molecular complexity index is 562. The van der Waals surface area contributed by atoms with Gasteiger partial charge in [0.25, 0.3) is 0 Å². The predicted octanol–water partition coefficient (Wildman–Crippen LogP) is 2.76. The lowest BCUT2D eigenvalue weighted by Crippen LogP contribution is -2.28. The highest BCUT2D eigenvalue weighted by molar-refractivity contribution is 5.75. The van der Waals surface area contributed by atoms with E-state index in [2.05, 4.69) is 17.4 Å². The first-order valence-corrected chi connectivity index (χ1v) is 7.20. The number of aryl methyl sites for hydroxylation is 2. The minimum absolute atomic E-state index is 0.0479. The summed E-state index contributed by atoms with van der Waals surface area (Å²) < 4.78 is 5.32. The van der Waals surface area contributed by atoms with Crippen LogP contribution in [0.15, 0.2) is 46.9 Å². The Hall–Kier alpha value is -2.07. The SMILES string of the molecule is Cc1ccc([C@@H](O)CNC(=O)CCCc2ccccc2)o1. The number of aliphatic hydroxyl groups is 1. The second-order valence-corrected chi connectivity index (χ2v) is 5.11. The number of furan rings is 1. The molecule has 4 nitrogen and oxygen atoms in total. The van der Waals surface area contributed by atoms with Crippen molar-refractivity contribution in [3.63, 3.8) is 0 Å². The lowest BCUT2D eigenvalue weighted by Gasteiger charge is -2.09. The monoisotopic (exact) mass is 287 g/mol. The van der Waals surface area contributed by atoms with E-state index in [4.69, 9.17) is 4.42 Å². The molecular weight excluding hydrogens is 266 g/mol. The molecule has 1 aromatic carbocycles. The molecule has 4 heteroatoms. The van der Waals surface area contributed by atoms with E-state index in [0.29, 0.717) is 12.2 Å². The normalized spacial score (nSPS) is 12.1. The van der Waals surface area contributed by atoms with Crippen LogP contribution in [0.2, 0.25) is 0 Å². The summed E-state index contributed by atoms with van der Waals surface area (Å²) in [5.41, 5.74) is 1.23. The van der Waals surface area contributed by atoms with Crippen molar-refractivity contribution in [1.29, 1.82) is 0 Å². The zero-order valence-electron chi connectivity index (χ0n) is 12.2. The Morgan fingerprint density at radius 3 is 2.67 bits per heavy atom. The molecule has 2 N–H and O–H groups in total. The first-order valence-electron chi connectivity index (χ1n) is 7.20. The van der Waals surface area contributed by atoms with Gasteiger partial charge in [0.05, 0.1) is 6.54 Å².